The van der Waals surface area contributed by atoms with Crippen LogP contribution in [0.15, 0.2) is 83.0 Å². The van der Waals surface area contributed by atoms with Crippen molar-refractivity contribution in [1.29, 1.82) is 0 Å². The van der Waals surface area contributed by atoms with Crippen LogP contribution in [-0.4, -0.2) is 57.9 Å². The third-order valence-corrected chi connectivity index (χ3v) is 7.96. The number of hydrogen-bond acceptors (Lipinski definition) is 6. The number of aromatic nitrogens is 3. The molecule has 13 heteroatoms. The maximum Gasteiger partial charge on any atom is 0.573 e. The van der Waals surface area contributed by atoms with Gasteiger partial charge in [0.15, 0.2) is 11.0 Å². The quantitative estimate of drug-likeness (QED) is 0.183. The molecule has 0 spiro atoms. The van der Waals surface area contributed by atoms with Crippen molar-refractivity contribution in [2.24, 2.45) is 9.98 Å². The van der Waals surface area contributed by atoms with E-state index >= 15 is 0 Å². The monoisotopic (exact) mass is 636 g/mol. The van der Waals surface area contributed by atoms with E-state index in [1.54, 1.807) is 25.1 Å². The fourth-order valence-corrected chi connectivity index (χ4v) is 5.64. The van der Waals surface area contributed by atoms with Gasteiger partial charge < -0.3 is 14.4 Å². The number of nitrogens with zero attached hydrogens (tertiary/aromatic N) is 6. The van der Waals surface area contributed by atoms with E-state index in [0.717, 1.165) is 46.8 Å². The number of thioether (sulfide) groups is 1. The lowest BCUT2D eigenvalue weighted by Crippen LogP contribution is -2.35. The lowest BCUT2D eigenvalue weighted by molar-refractivity contribution is -0.274. The van der Waals surface area contributed by atoms with Crippen LogP contribution in [0.2, 0.25) is 0 Å². The Morgan fingerprint density at radius 3 is 2.49 bits per heavy atom. The number of amides is 2. The lowest BCUT2D eigenvalue weighted by Gasteiger charge is -2.32. The van der Waals surface area contributed by atoms with Gasteiger partial charge >= 0.3 is 12.4 Å². The second-order valence-corrected chi connectivity index (χ2v) is 11.4. The number of hydrogen-bond donors (Lipinski definition) is 0. The molecule has 1 saturated heterocycles. The van der Waals surface area contributed by atoms with Gasteiger partial charge in [-0.05, 0) is 65.9 Å². The van der Waals surface area contributed by atoms with Crippen molar-refractivity contribution in [3.63, 3.8) is 0 Å². The molecule has 2 heterocycles. The molecule has 9 nitrogen and oxygen atoms in total. The molecule has 234 valence electrons. The zero-order valence-electron chi connectivity index (χ0n) is 24.9. The SMILES string of the molecule is COc1ccc(N2CCCSC2=NC(=O)N=CCc2ccc(-c3ncn(-c4ccc(OC(F)(F)F)cc4)n3)cc2)c(C(C)C)c1. The van der Waals surface area contributed by atoms with Crippen LogP contribution in [0.5, 0.6) is 11.5 Å². The van der Waals surface area contributed by atoms with E-state index in [2.05, 4.69) is 43.6 Å². The summed E-state index contributed by atoms with van der Waals surface area (Å²) in [5, 5.41) is 5.06. The van der Waals surface area contributed by atoms with Gasteiger partial charge in [-0.15, -0.1) is 18.3 Å². The second kappa shape index (κ2) is 14.0. The molecule has 0 radical (unpaired) electrons. The molecular weight excluding hydrogens is 605 g/mol. The maximum atomic E-state index is 12.7. The molecule has 0 unspecified atom stereocenters. The fraction of sp³-hybridized carbons (Fsp3) is 0.281. The van der Waals surface area contributed by atoms with E-state index in [-0.39, 0.29) is 11.7 Å². The Hall–Kier alpha value is -4.65. The van der Waals surface area contributed by atoms with Gasteiger partial charge in [0.1, 0.15) is 17.8 Å². The molecule has 2 amide bonds. The molecule has 1 fully saturated rings. The first-order valence-electron chi connectivity index (χ1n) is 14.2. The molecule has 3 aromatic carbocycles. The topological polar surface area (TPSA) is 94.2 Å². The Balaban J connectivity index is 1.21. The smallest absolute Gasteiger partial charge is 0.497 e. The lowest BCUT2D eigenvalue weighted by atomic mass is 10.00. The summed E-state index contributed by atoms with van der Waals surface area (Å²) in [7, 11) is 1.65. The number of alkyl halides is 3. The minimum atomic E-state index is -4.75. The van der Waals surface area contributed by atoms with Crippen molar-refractivity contribution < 1.29 is 27.4 Å². The summed E-state index contributed by atoms with van der Waals surface area (Å²) in [4.78, 5) is 27.5. The summed E-state index contributed by atoms with van der Waals surface area (Å²) < 4.78 is 48.0. The minimum Gasteiger partial charge on any atom is -0.497 e. The maximum absolute atomic E-state index is 12.7. The average Bonchev–Trinajstić information content (AvgIpc) is 3.51. The Bertz CT molecular complexity index is 1690. The molecule has 0 aliphatic carbocycles. The number of halogens is 3. The van der Waals surface area contributed by atoms with E-state index in [4.69, 9.17) is 4.74 Å². The van der Waals surface area contributed by atoms with Gasteiger partial charge in [-0.1, -0.05) is 49.9 Å². The Morgan fingerprint density at radius 1 is 1.07 bits per heavy atom. The third kappa shape index (κ3) is 8.29. The number of anilines is 1. The molecule has 1 aliphatic heterocycles. The number of benzene rings is 3. The second-order valence-electron chi connectivity index (χ2n) is 10.4. The number of urea groups is 1. The first-order valence-corrected chi connectivity index (χ1v) is 15.2. The number of aliphatic imine (C=N–C) groups is 2. The number of carbonyl (C=O) groups is 1. The van der Waals surface area contributed by atoms with Crippen molar-refractivity contribution in [2.45, 2.75) is 39.0 Å². The predicted molar refractivity (Wildman–Crippen MR) is 170 cm³/mol. The molecule has 1 aromatic heterocycles. The highest BCUT2D eigenvalue weighted by Gasteiger charge is 2.31. The summed E-state index contributed by atoms with van der Waals surface area (Å²) >= 11 is 1.55. The summed E-state index contributed by atoms with van der Waals surface area (Å²) in [5.41, 5.74) is 4.35. The molecule has 5 rings (SSSR count). The average molecular weight is 637 g/mol. The summed E-state index contributed by atoms with van der Waals surface area (Å²) in [6.07, 6.45) is -0.323. The molecule has 1 aliphatic rings. The highest BCUT2D eigenvalue weighted by molar-refractivity contribution is 8.14. The van der Waals surface area contributed by atoms with E-state index < -0.39 is 12.4 Å². The highest BCUT2D eigenvalue weighted by atomic mass is 32.2. The van der Waals surface area contributed by atoms with Crippen molar-refractivity contribution >= 4 is 34.9 Å². The zero-order valence-corrected chi connectivity index (χ0v) is 25.7. The van der Waals surface area contributed by atoms with E-state index in [1.807, 2.05) is 42.5 Å². The van der Waals surface area contributed by atoms with Crippen LogP contribution >= 0.6 is 11.8 Å². The van der Waals surface area contributed by atoms with Gasteiger partial charge in [0, 0.05) is 36.2 Å². The largest absolute Gasteiger partial charge is 0.573 e. The van der Waals surface area contributed by atoms with Gasteiger partial charge in [0.2, 0.25) is 0 Å². The number of rotatable bonds is 8. The molecule has 0 saturated carbocycles. The van der Waals surface area contributed by atoms with Gasteiger partial charge in [0.25, 0.3) is 0 Å². The predicted octanol–water partition coefficient (Wildman–Crippen LogP) is 7.70. The van der Waals surface area contributed by atoms with Crippen molar-refractivity contribution in [2.75, 3.05) is 24.3 Å². The van der Waals surface area contributed by atoms with E-state index in [9.17, 15) is 18.0 Å². The number of carbonyl (C=O) groups excluding carboxylic acids is 1. The fourth-order valence-electron chi connectivity index (χ4n) is 4.69. The standard InChI is InChI=1S/C32H31F3N6O3S/c1-21(2)27-19-26(43-3)13-14-28(27)40-17-4-18-45-31(40)38-30(42)36-16-15-22-5-7-23(8-6-22)29-37-20-41(39-29)24-9-11-25(12-10-24)44-32(33,34)35/h5-14,16,19-21H,4,15,17-18H2,1-3H3. The van der Waals surface area contributed by atoms with Crippen LogP contribution in [0.25, 0.3) is 17.1 Å². The highest BCUT2D eigenvalue weighted by Crippen LogP contribution is 2.35. The number of methoxy groups -OCH3 is 1. The zero-order chi connectivity index (χ0) is 32.0. The van der Waals surface area contributed by atoms with Crippen LogP contribution in [0.4, 0.5) is 23.7 Å². The van der Waals surface area contributed by atoms with Crippen LogP contribution in [0.1, 0.15) is 37.3 Å². The Kier molecular flexibility index (Phi) is 9.87. The summed E-state index contributed by atoms with van der Waals surface area (Å²) in [6.45, 7) is 5.01. The van der Waals surface area contributed by atoms with Crippen LogP contribution in [0, 0.1) is 0 Å². The van der Waals surface area contributed by atoms with Crippen LogP contribution < -0.4 is 14.4 Å². The Labute approximate surface area is 262 Å². The molecule has 0 atom stereocenters. The van der Waals surface area contributed by atoms with Crippen LogP contribution in [0.3, 0.4) is 0 Å². The summed E-state index contributed by atoms with van der Waals surface area (Å²) in [6, 6.07) is 18.2. The molecule has 4 aromatic rings. The minimum absolute atomic E-state index is 0.261. The van der Waals surface area contributed by atoms with Crippen molar-refractivity contribution in [3.8, 4) is 28.6 Å². The van der Waals surface area contributed by atoms with E-state index in [0.29, 0.717) is 23.1 Å². The molecular formula is C32H31F3N6O3S. The Morgan fingerprint density at radius 2 is 1.80 bits per heavy atom. The van der Waals surface area contributed by atoms with Gasteiger partial charge in [-0.3, -0.25) is 0 Å². The van der Waals surface area contributed by atoms with Gasteiger partial charge in [-0.2, -0.15) is 4.99 Å². The number of amidine groups is 1. The summed E-state index contributed by atoms with van der Waals surface area (Å²) in [5.74, 6) is 2.06. The normalized spacial score (nSPS) is 14.8. The number of ether oxygens (including phenoxy) is 2. The van der Waals surface area contributed by atoms with Crippen LogP contribution in [-0.2, 0) is 6.42 Å². The first kappa shape index (κ1) is 31.8. The molecule has 45 heavy (non-hydrogen) atoms. The third-order valence-electron chi connectivity index (χ3n) is 6.89. The first-order chi connectivity index (χ1) is 21.6. The van der Waals surface area contributed by atoms with Crippen molar-refractivity contribution in [3.05, 3.63) is 84.2 Å². The van der Waals surface area contributed by atoms with Gasteiger partial charge in [0.05, 0.1) is 12.8 Å². The molecule has 0 bridgehead atoms. The van der Waals surface area contributed by atoms with E-state index in [1.165, 1.54) is 35.3 Å². The van der Waals surface area contributed by atoms with Gasteiger partial charge in [-0.25, -0.2) is 19.5 Å². The van der Waals surface area contributed by atoms with Crippen molar-refractivity contribution in [1.82, 2.24) is 14.8 Å². The molecule has 0 N–H and O–H groups in total.